The number of aromatic nitrogens is 2. The first kappa shape index (κ1) is 11.9. The van der Waals surface area contributed by atoms with Gasteiger partial charge in [-0.15, -0.1) is 11.3 Å². The van der Waals surface area contributed by atoms with E-state index in [2.05, 4.69) is 52.2 Å². The van der Waals surface area contributed by atoms with E-state index in [1.807, 2.05) is 17.7 Å². The number of anilines is 1. The number of para-hydroxylation sites is 1. The minimum Gasteiger partial charge on any atom is -0.347 e. The van der Waals surface area contributed by atoms with Crippen LogP contribution in [-0.2, 0) is 7.05 Å². The molecule has 1 aromatic carbocycles. The van der Waals surface area contributed by atoms with Gasteiger partial charge in [-0.05, 0) is 13.0 Å². The third kappa shape index (κ3) is 2.13. The second-order valence-corrected chi connectivity index (χ2v) is 5.18. The number of benzene rings is 1. The molecule has 0 saturated carbocycles. The van der Waals surface area contributed by atoms with Gasteiger partial charge in [0, 0.05) is 40.8 Å². The topological polar surface area (TPSA) is 42.2 Å². The molecule has 0 unspecified atom stereocenters. The summed E-state index contributed by atoms with van der Waals surface area (Å²) < 4.78 is 2.18. The third-order valence-electron chi connectivity index (χ3n) is 3.23. The molecule has 0 bridgehead atoms. The predicted octanol–water partition coefficient (Wildman–Crippen LogP) is 3.39. The number of hydrogen-bond acceptors (Lipinski definition) is 4. The zero-order valence-corrected chi connectivity index (χ0v) is 11.6. The van der Waals surface area contributed by atoms with Crippen molar-refractivity contribution in [3.05, 3.63) is 47.1 Å². The third-order valence-corrected chi connectivity index (χ3v) is 3.91. The number of nitrogens with zero attached hydrogens (tertiary/aromatic N) is 3. The molecule has 19 heavy (non-hydrogen) atoms. The van der Waals surface area contributed by atoms with Gasteiger partial charge >= 0.3 is 0 Å². The second-order valence-electron chi connectivity index (χ2n) is 4.28. The Balaban J connectivity index is 1.96. The normalized spacial score (nSPS) is 11.5. The van der Waals surface area contributed by atoms with Gasteiger partial charge in [-0.2, -0.15) is 5.10 Å². The Hall–Kier alpha value is -2.14. The van der Waals surface area contributed by atoms with Crippen LogP contribution >= 0.6 is 11.3 Å². The van der Waals surface area contributed by atoms with Gasteiger partial charge in [-0.1, -0.05) is 18.2 Å². The van der Waals surface area contributed by atoms with Crippen LogP contribution in [0.3, 0.4) is 0 Å². The summed E-state index contributed by atoms with van der Waals surface area (Å²) in [6, 6.07) is 8.34. The number of thiazole rings is 1. The first-order valence-electron chi connectivity index (χ1n) is 6.00. The van der Waals surface area contributed by atoms with Crippen LogP contribution in [-0.4, -0.2) is 15.8 Å². The van der Waals surface area contributed by atoms with E-state index in [9.17, 15) is 0 Å². The molecule has 0 aliphatic heterocycles. The number of fused-ring (bicyclic) bond motifs is 1. The highest BCUT2D eigenvalue weighted by atomic mass is 32.1. The molecule has 3 rings (SSSR count). The first-order valence-corrected chi connectivity index (χ1v) is 6.88. The number of nitrogens with one attached hydrogen (secondary N) is 1. The fraction of sp³-hybridized carbons (Fsp3) is 0.143. The Morgan fingerprint density at radius 2 is 2.21 bits per heavy atom. The molecule has 0 saturated heterocycles. The van der Waals surface area contributed by atoms with Crippen molar-refractivity contribution in [1.82, 2.24) is 9.55 Å². The van der Waals surface area contributed by atoms with Crippen molar-refractivity contribution in [2.24, 2.45) is 12.1 Å². The van der Waals surface area contributed by atoms with Gasteiger partial charge in [-0.3, -0.25) is 5.43 Å². The smallest absolute Gasteiger partial charge is 0.203 e. The van der Waals surface area contributed by atoms with Crippen LogP contribution in [0.25, 0.3) is 10.9 Å². The van der Waals surface area contributed by atoms with Crippen molar-refractivity contribution in [2.75, 3.05) is 5.43 Å². The summed E-state index contributed by atoms with van der Waals surface area (Å²) in [6.45, 7) is 2.10. The van der Waals surface area contributed by atoms with Crippen molar-refractivity contribution in [2.45, 2.75) is 6.92 Å². The van der Waals surface area contributed by atoms with Gasteiger partial charge in [-0.25, -0.2) is 4.98 Å². The molecule has 3 aromatic rings. The molecule has 0 atom stereocenters. The average Bonchev–Trinajstić information content (AvgIpc) is 3.02. The summed E-state index contributed by atoms with van der Waals surface area (Å²) in [5.41, 5.74) is 6.50. The quantitative estimate of drug-likeness (QED) is 0.585. The highest BCUT2D eigenvalue weighted by Gasteiger charge is 2.08. The Kier molecular flexibility index (Phi) is 3.05. The maximum atomic E-state index is 4.27. The van der Waals surface area contributed by atoms with E-state index in [0.717, 1.165) is 10.7 Å². The van der Waals surface area contributed by atoms with Gasteiger partial charge in [0.05, 0.1) is 6.21 Å². The second kappa shape index (κ2) is 4.85. The molecule has 0 amide bonds. The summed E-state index contributed by atoms with van der Waals surface area (Å²) in [5, 5.41) is 8.20. The maximum absolute atomic E-state index is 4.27. The number of hydrogen-bond donors (Lipinski definition) is 1. The molecule has 1 N–H and O–H groups in total. The van der Waals surface area contributed by atoms with Crippen LogP contribution in [0.5, 0.6) is 0 Å². The van der Waals surface area contributed by atoms with Crippen LogP contribution in [0.4, 0.5) is 5.13 Å². The summed E-state index contributed by atoms with van der Waals surface area (Å²) in [7, 11) is 2.07. The lowest BCUT2D eigenvalue weighted by atomic mass is 10.1. The van der Waals surface area contributed by atoms with E-state index in [1.165, 1.54) is 27.9 Å². The molecule has 2 heterocycles. The van der Waals surface area contributed by atoms with E-state index < -0.39 is 0 Å². The molecular weight excluding hydrogens is 256 g/mol. The Morgan fingerprint density at radius 3 is 3.00 bits per heavy atom. The van der Waals surface area contributed by atoms with Crippen molar-refractivity contribution >= 4 is 33.6 Å². The molecular formula is C14H14N4S. The zero-order chi connectivity index (χ0) is 13.2. The van der Waals surface area contributed by atoms with Gasteiger partial charge in [0.2, 0.25) is 5.13 Å². The first-order chi connectivity index (χ1) is 9.27. The van der Waals surface area contributed by atoms with Gasteiger partial charge < -0.3 is 4.57 Å². The molecule has 0 radical (unpaired) electrons. The van der Waals surface area contributed by atoms with Crippen molar-refractivity contribution < 1.29 is 0 Å². The van der Waals surface area contributed by atoms with Gasteiger partial charge in [0.15, 0.2) is 0 Å². The molecule has 4 nitrogen and oxygen atoms in total. The Morgan fingerprint density at radius 1 is 1.37 bits per heavy atom. The largest absolute Gasteiger partial charge is 0.347 e. The average molecular weight is 270 g/mol. The maximum Gasteiger partial charge on any atom is 0.203 e. The van der Waals surface area contributed by atoms with Crippen molar-refractivity contribution in [3.63, 3.8) is 0 Å². The Labute approximate surface area is 115 Å². The molecule has 96 valence electrons. The Bertz CT molecular complexity index is 725. The SMILES string of the molecule is Cc1c(/C=N\Nc2nccs2)c2ccccc2n1C. The van der Waals surface area contributed by atoms with Crippen LogP contribution < -0.4 is 5.43 Å². The minimum absolute atomic E-state index is 0.800. The molecule has 0 fully saturated rings. The molecule has 0 aliphatic rings. The summed E-state index contributed by atoms with van der Waals surface area (Å²) in [5.74, 6) is 0. The lowest BCUT2D eigenvalue weighted by Crippen LogP contribution is -1.93. The van der Waals surface area contributed by atoms with Crippen LogP contribution in [0, 0.1) is 6.92 Å². The lowest BCUT2D eigenvalue weighted by molar-refractivity contribution is 0.916. The minimum atomic E-state index is 0.800. The fourth-order valence-corrected chi connectivity index (χ4v) is 2.62. The highest BCUT2D eigenvalue weighted by Crippen LogP contribution is 2.23. The molecule has 0 spiro atoms. The number of hydrazone groups is 1. The predicted molar refractivity (Wildman–Crippen MR) is 81.0 cm³/mol. The van der Waals surface area contributed by atoms with Gasteiger partial charge in [0.1, 0.15) is 0 Å². The molecule has 5 heteroatoms. The molecule has 2 aromatic heterocycles. The van der Waals surface area contributed by atoms with Crippen LogP contribution in [0.2, 0.25) is 0 Å². The zero-order valence-electron chi connectivity index (χ0n) is 10.8. The van der Waals surface area contributed by atoms with E-state index in [1.54, 1.807) is 6.20 Å². The monoisotopic (exact) mass is 270 g/mol. The summed E-state index contributed by atoms with van der Waals surface area (Å²) in [6.07, 6.45) is 3.62. The van der Waals surface area contributed by atoms with E-state index in [0.29, 0.717) is 0 Å². The standard InChI is InChI=1S/C14H14N4S/c1-10-12(9-16-17-14-15-7-8-19-14)11-5-3-4-6-13(11)18(10)2/h3-9H,1-2H3,(H,15,17)/b16-9-. The van der Waals surface area contributed by atoms with Crippen LogP contribution in [0.1, 0.15) is 11.3 Å². The number of aryl methyl sites for hydroxylation is 1. The van der Waals surface area contributed by atoms with E-state index in [4.69, 9.17) is 0 Å². The highest BCUT2D eigenvalue weighted by molar-refractivity contribution is 7.13. The van der Waals surface area contributed by atoms with Gasteiger partial charge in [0.25, 0.3) is 0 Å². The lowest BCUT2D eigenvalue weighted by Gasteiger charge is -1.97. The van der Waals surface area contributed by atoms with Crippen molar-refractivity contribution in [1.29, 1.82) is 0 Å². The van der Waals surface area contributed by atoms with Crippen LogP contribution in [0.15, 0.2) is 40.9 Å². The van der Waals surface area contributed by atoms with E-state index in [-0.39, 0.29) is 0 Å². The number of rotatable bonds is 3. The summed E-state index contributed by atoms with van der Waals surface area (Å²) >= 11 is 1.53. The fourth-order valence-electron chi connectivity index (χ4n) is 2.14. The summed E-state index contributed by atoms with van der Waals surface area (Å²) in [4.78, 5) is 4.13. The molecule has 0 aliphatic carbocycles. The van der Waals surface area contributed by atoms with Crippen molar-refractivity contribution in [3.8, 4) is 0 Å². The van der Waals surface area contributed by atoms with E-state index >= 15 is 0 Å².